The highest BCUT2D eigenvalue weighted by Gasteiger charge is 1.99. The van der Waals surface area contributed by atoms with Crippen LogP contribution in [0.5, 0.6) is 0 Å². The Morgan fingerprint density at radius 2 is 2.19 bits per heavy atom. The van der Waals surface area contributed by atoms with Gasteiger partial charge in [-0.15, -0.1) is 0 Å². The molecule has 82 valence electrons. The Morgan fingerprint density at radius 1 is 1.50 bits per heavy atom. The summed E-state index contributed by atoms with van der Waals surface area (Å²) in [4.78, 5) is 14.9. The summed E-state index contributed by atoms with van der Waals surface area (Å²) in [5.74, 6) is -0.435. The number of hydrogen-bond acceptors (Lipinski definition) is 4. The number of thiocarbonyl (C=S) groups is 1. The summed E-state index contributed by atoms with van der Waals surface area (Å²) in [5.41, 5.74) is 1.42. The van der Waals surface area contributed by atoms with Crippen molar-refractivity contribution in [3.05, 3.63) is 47.7 Å². The van der Waals surface area contributed by atoms with Crippen molar-refractivity contribution in [1.82, 2.24) is 0 Å². The Morgan fingerprint density at radius 3 is 2.81 bits per heavy atom. The van der Waals surface area contributed by atoms with Crippen molar-refractivity contribution >= 4 is 23.3 Å². The molecular weight excluding hydrogens is 222 g/mol. The highest BCUT2D eigenvalue weighted by atomic mass is 32.1. The number of carbonyl (C=O) groups is 1. The van der Waals surface area contributed by atoms with Crippen molar-refractivity contribution < 1.29 is 9.53 Å². The summed E-state index contributed by atoms with van der Waals surface area (Å²) in [6.07, 6.45) is 1.28. The van der Waals surface area contributed by atoms with Crippen LogP contribution < -0.4 is 0 Å². The van der Waals surface area contributed by atoms with E-state index in [9.17, 15) is 4.79 Å². The van der Waals surface area contributed by atoms with E-state index in [1.165, 1.54) is 6.08 Å². The summed E-state index contributed by atoms with van der Waals surface area (Å²) < 4.78 is 5.01. The highest BCUT2D eigenvalue weighted by Crippen LogP contribution is 2.02. The van der Waals surface area contributed by atoms with Gasteiger partial charge in [0.25, 0.3) is 0 Å². The Hall–Kier alpha value is -1.77. The zero-order valence-electron chi connectivity index (χ0n) is 8.84. The summed E-state index contributed by atoms with van der Waals surface area (Å²) in [5, 5.41) is 2.18. The van der Waals surface area contributed by atoms with Crippen LogP contribution in [0.3, 0.4) is 0 Å². The van der Waals surface area contributed by atoms with Crippen LogP contribution in [0.1, 0.15) is 12.5 Å². The quantitative estimate of drug-likeness (QED) is 0.347. The molecule has 0 amide bonds. The zero-order valence-corrected chi connectivity index (χ0v) is 9.66. The van der Waals surface area contributed by atoms with Crippen molar-refractivity contribution in [1.29, 1.82) is 0 Å². The van der Waals surface area contributed by atoms with Crippen molar-refractivity contribution in [2.24, 2.45) is 4.99 Å². The Bertz CT molecular complexity index is 434. The molecule has 0 aliphatic rings. The second-order valence-electron chi connectivity index (χ2n) is 3.08. The zero-order chi connectivity index (χ0) is 11.8. The lowest BCUT2D eigenvalue weighted by atomic mass is 10.2. The maximum absolute atomic E-state index is 11.3. The lowest BCUT2D eigenvalue weighted by molar-refractivity contribution is -0.139. The summed E-state index contributed by atoms with van der Waals surface area (Å²) in [6.45, 7) is 1.91. The average molecular weight is 233 g/mol. The van der Waals surface area contributed by atoms with Gasteiger partial charge in [0, 0.05) is 6.08 Å². The van der Waals surface area contributed by atoms with E-state index in [1.54, 1.807) is 6.92 Å². The Balaban J connectivity index is 2.48. The smallest absolute Gasteiger partial charge is 0.332 e. The van der Waals surface area contributed by atoms with Gasteiger partial charge in [-0.3, -0.25) is 0 Å². The molecule has 0 aliphatic heterocycles. The molecule has 0 unspecified atom stereocenters. The van der Waals surface area contributed by atoms with Crippen LogP contribution in [0.25, 0.3) is 0 Å². The van der Waals surface area contributed by atoms with Crippen LogP contribution in [0.2, 0.25) is 0 Å². The fourth-order valence-corrected chi connectivity index (χ4v) is 1.19. The van der Waals surface area contributed by atoms with E-state index in [-0.39, 0.29) is 6.61 Å². The molecule has 1 aromatic rings. The minimum absolute atomic E-state index is 0.255. The average Bonchev–Trinajstić information content (AvgIpc) is 2.28. The second-order valence-corrected chi connectivity index (χ2v) is 3.26. The molecule has 0 bridgehead atoms. The van der Waals surface area contributed by atoms with Gasteiger partial charge in [0.2, 0.25) is 0 Å². The third kappa shape index (κ3) is 4.64. The van der Waals surface area contributed by atoms with Crippen LogP contribution in [0.4, 0.5) is 0 Å². The number of hydrogen-bond donors (Lipinski definition) is 0. The SMILES string of the molecule is C/C(=C\C(=O)OCc1ccccc1)N=C=S. The first kappa shape index (κ1) is 12.3. The second kappa shape index (κ2) is 6.67. The van der Waals surface area contributed by atoms with E-state index in [1.807, 2.05) is 30.3 Å². The molecule has 0 spiro atoms. The number of rotatable bonds is 4. The first-order chi connectivity index (χ1) is 7.72. The standard InChI is InChI=1S/C12H11NO2S/c1-10(13-9-16)7-12(14)15-8-11-5-3-2-4-6-11/h2-7H,8H2,1H3/b10-7+. The van der Waals surface area contributed by atoms with E-state index in [0.29, 0.717) is 5.70 Å². The van der Waals surface area contributed by atoms with Gasteiger partial charge in [0.15, 0.2) is 0 Å². The molecule has 0 N–H and O–H groups in total. The summed E-state index contributed by atoms with van der Waals surface area (Å²) in [7, 11) is 0. The van der Waals surface area contributed by atoms with Crippen LogP contribution >= 0.6 is 12.2 Å². The predicted octanol–water partition coefficient (Wildman–Crippen LogP) is 2.74. The number of esters is 1. The minimum atomic E-state index is -0.435. The van der Waals surface area contributed by atoms with Crippen molar-refractivity contribution in [3.8, 4) is 0 Å². The number of ether oxygens (including phenoxy) is 1. The third-order valence-electron chi connectivity index (χ3n) is 1.77. The van der Waals surface area contributed by atoms with Crippen LogP contribution in [0.15, 0.2) is 47.1 Å². The number of allylic oxidation sites excluding steroid dienone is 1. The van der Waals surface area contributed by atoms with Crippen LogP contribution in [-0.2, 0) is 16.1 Å². The number of benzene rings is 1. The number of nitrogens with zero attached hydrogens (tertiary/aromatic N) is 1. The molecule has 0 atom stereocenters. The van der Waals surface area contributed by atoms with E-state index in [0.717, 1.165) is 5.56 Å². The van der Waals surface area contributed by atoms with Crippen LogP contribution in [0, 0.1) is 0 Å². The van der Waals surface area contributed by atoms with Crippen LogP contribution in [-0.4, -0.2) is 11.1 Å². The van der Waals surface area contributed by atoms with E-state index in [4.69, 9.17) is 4.74 Å². The molecule has 0 heterocycles. The molecule has 3 nitrogen and oxygen atoms in total. The molecule has 0 radical (unpaired) electrons. The first-order valence-corrected chi connectivity index (χ1v) is 5.10. The lowest BCUT2D eigenvalue weighted by Crippen LogP contribution is -2.01. The van der Waals surface area contributed by atoms with E-state index in [2.05, 4.69) is 22.4 Å². The molecule has 16 heavy (non-hydrogen) atoms. The largest absolute Gasteiger partial charge is 0.458 e. The van der Waals surface area contributed by atoms with E-state index < -0.39 is 5.97 Å². The van der Waals surface area contributed by atoms with Gasteiger partial charge in [0.05, 0.1) is 10.9 Å². The van der Waals surface area contributed by atoms with Crippen molar-refractivity contribution in [2.45, 2.75) is 13.5 Å². The van der Waals surface area contributed by atoms with Gasteiger partial charge in [-0.2, -0.15) is 4.99 Å². The summed E-state index contributed by atoms with van der Waals surface area (Å²) in [6, 6.07) is 9.46. The third-order valence-corrected chi connectivity index (χ3v) is 1.86. The fourth-order valence-electron chi connectivity index (χ4n) is 1.05. The first-order valence-electron chi connectivity index (χ1n) is 4.69. The molecule has 0 saturated heterocycles. The van der Waals surface area contributed by atoms with Gasteiger partial charge >= 0.3 is 5.97 Å². The topological polar surface area (TPSA) is 38.7 Å². The Kier molecular flexibility index (Phi) is 5.12. The highest BCUT2D eigenvalue weighted by molar-refractivity contribution is 7.78. The number of aliphatic imine (C=N–C) groups is 1. The lowest BCUT2D eigenvalue weighted by Gasteiger charge is -2.01. The fraction of sp³-hybridized carbons (Fsp3) is 0.167. The molecule has 0 fully saturated rings. The van der Waals surface area contributed by atoms with Gasteiger partial charge in [-0.1, -0.05) is 30.3 Å². The monoisotopic (exact) mass is 233 g/mol. The number of carbonyl (C=O) groups excluding carboxylic acids is 1. The number of isothiocyanates is 1. The van der Waals surface area contributed by atoms with Gasteiger partial charge in [-0.25, -0.2) is 4.79 Å². The molecule has 1 rings (SSSR count). The van der Waals surface area contributed by atoms with Gasteiger partial charge in [0.1, 0.15) is 6.61 Å². The van der Waals surface area contributed by atoms with E-state index >= 15 is 0 Å². The maximum atomic E-state index is 11.3. The predicted molar refractivity (Wildman–Crippen MR) is 65.0 cm³/mol. The molecular formula is C12H11NO2S. The molecule has 0 aromatic heterocycles. The Labute approximate surface area is 99.5 Å². The van der Waals surface area contributed by atoms with Gasteiger partial charge < -0.3 is 4.74 Å². The van der Waals surface area contributed by atoms with Crippen molar-refractivity contribution in [2.75, 3.05) is 0 Å². The molecule has 0 saturated carbocycles. The summed E-state index contributed by atoms with van der Waals surface area (Å²) >= 11 is 4.41. The molecule has 4 heteroatoms. The maximum Gasteiger partial charge on any atom is 0.332 e. The van der Waals surface area contributed by atoms with Crippen molar-refractivity contribution in [3.63, 3.8) is 0 Å². The normalized spacial score (nSPS) is 10.4. The minimum Gasteiger partial charge on any atom is -0.458 e. The molecule has 1 aromatic carbocycles. The molecule has 0 aliphatic carbocycles. The van der Waals surface area contributed by atoms with Gasteiger partial charge in [-0.05, 0) is 24.7 Å².